The highest BCUT2D eigenvalue weighted by Gasteiger charge is 2.46. The molecule has 5 heterocycles. The number of likely N-dealkylation sites (tertiary alicyclic amines) is 1. The highest BCUT2D eigenvalue weighted by molar-refractivity contribution is 6.23. The molecular formula is C41H53F2N9O5. The first-order valence-electron chi connectivity index (χ1n) is 19.8. The normalized spacial score (nSPS) is 26.6. The molecule has 16 heteroatoms. The number of rotatable bonds is 10. The van der Waals surface area contributed by atoms with E-state index in [1.807, 2.05) is 4.90 Å². The molecule has 8 rings (SSSR count). The molecule has 0 radical (unpaired) electrons. The number of fused-ring (bicyclic) bond motifs is 3. The van der Waals surface area contributed by atoms with Crippen molar-refractivity contribution in [3.05, 3.63) is 76.5 Å². The van der Waals surface area contributed by atoms with Crippen LogP contribution in [0.5, 0.6) is 5.75 Å². The number of aldehydes is 1. The van der Waals surface area contributed by atoms with E-state index in [1.165, 1.54) is 31.7 Å². The number of nitrogens with zero attached hydrogens (tertiary/aromatic N) is 5. The van der Waals surface area contributed by atoms with Crippen LogP contribution in [-0.2, 0) is 9.59 Å². The summed E-state index contributed by atoms with van der Waals surface area (Å²) in [4.78, 5) is 59.0. The fourth-order valence-electron chi connectivity index (χ4n) is 9.02. The lowest BCUT2D eigenvalue weighted by Gasteiger charge is -2.45. The summed E-state index contributed by atoms with van der Waals surface area (Å²) in [5.41, 5.74) is 14.2. The quantitative estimate of drug-likeness (QED) is 0.174. The summed E-state index contributed by atoms with van der Waals surface area (Å²) in [5.74, 6) is -0.117. The molecule has 0 bridgehead atoms. The van der Waals surface area contributed by atoms with E-state index in [-0.39, 0.29) is 59.5 Å². The molecule has 1 aliphatic carbocycles. The number of alkyl halides is 1. The lowest BCUT2D eigenvalue weighted by molar-refractivity contribution is -0.124. The third-order valence-corrected chi connectivity index (χ3v) is 12.3. The van der Waals surface area contributed by atoms with E-state index in [4.69, 9.17) is 11.5 Å². The fourth-order valence-corrected chi connectivity index (χ4v) is 9.02. The average molecular weight is 790 g/mol. The summed E-state index contributed by atoms with van der Waals surface area (Å²) in [6.07, 6.45) is 3.56. The van der Waals surface area contributed by atoms with E-state index >= 15 is 4.39 Å². The molecule has 6 atom stereocenters. The number of piperazine rings is 1. The molecule has 57 heavy (non-hydrogen) atoms. The van der Waals surface area contributed by atoms with Crippen LogP contribution in [0.4, 0.5) is 14.5 Å². The van der Waals surface area contributed by atoms with Crippen LogP contribution >= 0.6 is 0 Å². The van der Waals surface area contributed by atoms with Crippen LogP contribution in [0.1, 0.15) is 52.0 Å². The number of imide groups is 1. The van der Waals surface area contributed by atoms with Gasteiger partial charge in [-0.05, 0) is 74.6 Å². The Morgan fingerprint density at radius 3 is 2.53 bits per heavy atom. The SMILES string of the molecule is CN1CCN2C(/C=C(\N)c3c(O)cccc3F)=C(N)NCC2C1.CNC(=O)C(CCC=O)N1C(=O)c2ccc(N3CC[C@H](CN4CC5CC5C4)C(F)C3)cc2C1=O. The number of hydrogen-bond donors (Lipinski definition) is 5. The molecule has 2 aromatic carbocycles. The lowest BCUT2D eigenvalue weighted by Crippen LogP contribution is -2.58. The highest BCUT2D eigenvalue weighted by atomic mass is 19.1. The molecule has 2 aromatic rings. The highest BCUT2D eigenvalue weighted by Crippen LogP contribution is 2.45. The third kappa shape index (κ3) is 8.28. The number of aromatic hydroxyl groups is 1. The van der Waals surface area contributed by atoms with Gasteiger partial charge < -0.3 is 51.6 Å². The van der Waals surface area contributed by atoms with E-state index in [0.717, 1.165) is 74.7 Å². The molecule has 1 saturated carbocycles. The predicted molar refractivity (Wildman–Crippen MR) is 211 cm³/mol. The number of benzene rings is 2. The maximum atomic E-state index is 15.1. The van der Waals surface area contributed by atoms with Gasteiger partial charge in [0.2, 0.25) is 5.91 Å². The van der Waals surface area contributed by atoms with Gasteiger partial charge in [0.25, 0.3) is 11.8 Å². The van der Waals surface area contributed by atoms with Crippen molar-refractivity contribution in [2.75, 3.05) is 77.9 Å². The molecule has 0 spiro atoms. The second-order valence-corrected chi connectivity index (χ2v) is 16.1. The van der Waals surface area contributed by atoms with E-state index in [2.05, 4.69) is 32.4 Å². The second kappa shape index (κ2) is 16.7. The minimum absolute atomic E-state index is 0.00375. The number of hydrogen-bond acceptors (Lipinski definition) is 12. The second-order valence-electron chi connectivity index (χ2n) is 16.1. The summed E-state index contributed by atoms with van der Waals surface area (Å²) in [6, 6.07) is 8.32. The Morgan fingerprint density at radius 2 is 1.82 bits per heavy atom. The number of piperidine rings is 2. The van der Waals surface area contributed by atoms with Crippen molar-refractivity contribution < 1.29 is 33.1 Å². The monoisotopic (exact) mass is 789 g/mol. The first-order chi connectivity index (χ1) is 27.4. The topological polar surface area (TPSA) is 181 Å². The van der Waals surface area contributed by atoms with Crippen LogP contribution < -0.4 is 27.0 Å². The number of carbonyl (C=O) groups is 4. The number of nitrogens with two attached hydrogens (primary N) is 2. The standard InChI is InChI=1S/C25H31FN4O4.C16H22FN5O/c1-27-23(32)22(3-2-8-31)30-24(33)19-5-4-18(10-20(19)25(30)34)29-7-6-15(21(26)14-29)11-28-12-16-9-17(16)13-28;1-21-5-6-22-10(9-21)8-20-16(19)13(22)7-12(18)15-11(17)3-2-4-14(15)23/h4-5,8,10,15-17,21-22H,2-3,6-7,9,11-14H2,1H3,(H,27,32);2-4,7,10,20,23H,5-6,8-9,18-19H2,1H3/b;12-7-/t15-,16?,17?,21?,22?;/m1./s1. The molecule has 3 saturated heterocycles. The first kappa shape index (κ1) is 40.0. The minimum Gasteiger partial charge on any atom is -0.507 e. The number of nitrogens with one attached hydrogen (secondary N) is 2. The van der Waals surface area contributed by atoms with E-state index in [1.54, 1.807) is 24.3 Å². The zero-order chi connectivity index (χ0) is 40.5. The van der Waals surface area contributed by atoms with Gasteiger partial charge in [-0.25, -0.2) is 8.78 Å². The summed E-state index contributed by atoms with van der Waals surface area (Å²) in [6.45, 7) is 7.42. The van der Waals surface area contributed by atoms with Crippen LogP contribution in [0.3, 0.4) is 0 Å². The van der Waals surface area contributed by atoms with E-state index in [9.17, 15) is 28.7 Å². The Hall–Kier alpha value is -5.22. The number of phenolic OH excluding ortho intramolecular Hbond substituents is 1. The average Bonchev–Trinajstić information content (AvgIpc) is 3.73. The van der Waals surface area contributed by atoms with E-state index < -0.39 is 35.8 Å². The molecule has 0 aromatic heterocycles. The molecule has 5 aliphatic heterocycles. The Balaban J connectivity index is 0.000000188. The number of amides is 3. The molecular weight excluding hydrogens is 737 g/mol. The molecule has 7 N–H and O–H groups in total. The summed E-state index contributed by atoms with van der Waals surface area (Å²) >= 11 is 0. The Kier molecular flexibility index (Phi) is 11.7. The molecule has 306 valence electrons. The number of allylic oxidation sites excluding steroid dienone is 1. The predicted octanol–water partition coefficient (Wildman–Crippen LogP) is 1.67. The maximum absolute atomic E-state index is 15.1. The van der Waals surface area contributed by atoms with Gasteiger partial charge in [-0.1, -0.05) is 6.07 Å². The number of carbonyl (C=O) groups excluding carboxylic acids is 4. The number of anilines is 1. The van der Waals surface area contributed by atoms with Gasteiger partial charge in [0.05, 0.1) is 28.4 Å². The van der Waals surface area contributed by atoms with Gasteiger partial charge in [0, 0.05) is 89.7 Å². The first-order valence-corrected chi connectivity index (χ1v) is 19.8. The minimum atomic E-state index is -1.05. The van der Waals surface area contributed by atoms with Gasteiger partial charge in [-0.2, -0.15) is 0 Å². The van der Waals surface area contributed by atoms with Gasteiger partial charge in [0.1, 0.15) is 35.9 Å². The van der Waals surface area contributed by atoms with Crippen LogP contribution in [0, 0.1) is 23.6 Å². The number of likely N-dealkylation sites (N-methyl/N-ethyl adjacent to an activating group) is 2. The van der Waals surface area contributed by atoms with E-state index in [0.29, 0.717) is 24.3 Å². The van der Waals surface area contributed by atoms with Crippen molar-refractivity contribution >= 4 is 35.4 Å². The zero-order valence-corrected chi connectivity index (χ0v) is 32.5. The fraction of sp³-hybridized carbons (Fsp3) is 0.512. The van der Waals surface area contributed by atoms with Gasteiger partial charge >= 0.3 is 0 Å². The lowest BCUT2D eigenvalue weighted by atomic mass is 9.93. The van der Waals surface area contributed by atoms with Crippen molar-refractivity contribution in [1.29, 1.82) is 0 Å². The van der Waals surface area contributed by atoms with Crippen LogP contribution in [0.15, 0.2) is 54.0 Å². The van der Waals surface area contributed by atoms with Crippen molar-refractivity contribution in [1.82, 2.24) is 30.2 Å². The van der Waals surface area contributed by atoms with Crippen LogP contribution in [-0.4, -0.2) is 140 Å². The van der Waals surface area contributed by atoms with Crippen LogP contribution in [0.25, 0.3) is 5.70 Å². The van der Waals surface area contributed by atoms with Crippen LogP contribution in [0.2, 0.25) is 0 Å². The molecule has 3 amide bonds. The third-order valence-electron chi connectivity index (χ3n) is 12.3. The maximum Gasteiger partial charge on any atom is 0.262 e. The van der Waals surface area contributed by atoms with Crippen molar-refractivity contribution in [2.24, 2.45) is 29.2 Å². The molecule has 4 fully saturated rings. The Bertz CT molecular complexity index is 1930. The van der Waals surface area contributed by atoms with Crippen molar-refractivity contribution in [3.8, 4) is 5.75 Å². The van der Waals surface area contributed by atoms with Crippen molar-refractivity contribution in [2.45, 2.75) is 43.9 Å². The largest absolute Gasteiger partial charge is 0.507 e. The summed E-state index contributed by atoms with van der Waals surface area (Å²) in [7, 11) is 3.51. The molecule has 6 aliphatic rings. The Labute approximate surface area is 331 Å². The number of halogens is 2. The molecule has 14 nitrogen and oxygen atoms in total. The zero-order valence-electron chi connectivity index (χ0n) is 32.5. The number of phenols is 1. The van der Waals surface area contributed by atoms with Gasteiger partial charge in [0.15, 0.2) is 0 Å². The van der Waals surface area contributed by atoms with Gasteiger partial charge in [-0.15, -0.1) is 0 Å². The summed E-state index contributed by atoms with van der Waals surface area (Å²) in [5, 5.41) is 15.5. The van der Waals surface area contributed by atoms with Crippen molar-refractivity contribution in [3.63, 3.8) is 0 Å². The molecule has 5 unspecified atom stereocenters. The smallest absolute Gasteiger partial charge is 0.262 e. The summed E-state index contributed by atoms with van der Waals surface area (Å²) < 4.78 is 29.1. The Morgan fingerprint density at radius 1 is 1.07 bits per heavy atom. The van der Waals surface area contributed by atoms with Gasteiger partial charge in [-0.3, -0.25) is 19.3 Å².